The van der Waals surface area contributed by atoms with Crippen LogP contribution in [0.15, 0.2) is 57.1 Å². The number of benzene rings is 2. The summed E-state index contributed by atoms with van der Waals surface area (Å²) in [6.07, 6.45) is 0. The molecule has 154 valence electrons. The molecule has 11 nitrogen and oxygen atoms in total. The predicted molar refractivity (Wildman–Crippen MR) is 103 cm³/mol. The third-order valence-electron chi connectivity index (χ3n) is 4.05. The summed E-state index contributed by atoms with van der Waals surface area (Å²) in [5.74, 6) is -1.08. The number of H-pyrrole nitrogens is 1. The Morgan fingerprint density at radius 1 is 0.966 bits per heavy atom. The highest BCUT2D eigenvalue weighted by molar-refractivity contribution is 7.86. The molecule has 0 aliphatic carbocycles. The summed E-state index contributed by atoms with van der Waals surface area (Å²) in [5, 5.41) is 15.8. The van der Waals surface area contributed by atoms with Crippen molar-refractivity contribution in [3.05, 3.63) is 52.8 Å². The van der Waals surface area contributed by atoms with Gasteiger partial charge in [0.2, 0.25) is 0 Å². The fraction of sp³-hybridized carbons (Fsp3) is 0.0625. The molecule has 0 aliphatic rings. The van der Waals surface area contributed by atoms with Crippen LogP contribution in [-0.4, -0.2) is 47.9 Å². The molecule has 0 radical (unpaired) electrons. The highest BCUT2D eigenvalue weighted by Gasteiger charge is 2.25. The van der Waals surface area contributed by atoms with Crippen LogP contribution in [0.25, 0.3) is 16.9 Å². The van der Waals surface area contributed by atoms with Crippen LogP contribution >= 0.6 is 0 Å². The van der Waals surface area contributed by atoms with Crippen LogP contribution in [0.3, 0.4) is 0 Å². The Bertz CT molecular complexity index is 1350. The summed E-state index contributed by atoms with van der Waals surface area (Å²) in [7, 11) is -8.27. The van der Waals surface area contributed by atoms with Crippen molar-refractivity contribution in [3.63, 3.8) is 0 Å². The minimum absolute atomic E-state index is 0.280. The van der Waals surface area contributed by atoms with Gasteiger partial charge in [0.1, 0.15) is 10.6 Å². The Hall–Kier alpha value is -3.13. The normalized spacial score (nSPS) is 12.1. The van der Waals surface area contributed by atoms with Gasteiger partial charge >= 0.3 is 0 Å². The van der Waals surface area contributed by atoms with Gasteiger partial charge in [-0.15, -0.1) is 0 Å². The Kier molecular flexibility index (Phi) is 5.00. The zero-order valence-electron chi connectivity index (χ0n) is 14.7. The minimum atomic E-state index is -5.07. The molecule has 0 spiro atoms. The van der Waals surface area contributed by atoms with Crippen LogP contribution < -0.4 is 10.9 Å². The number of phenols is 1. The number of anilines is 1. The Balaban J connectivity index is 2.25. The first-order valence-corrected chi connectivity index (χ1v) is 10.7. The average molecular weight is 441 g/mol. The largest absolute Gasteiger partial charge is 0.504 e. The Morgan fingerprint density at radius 3 is 2.10 bits per heavy atom. The molecule has 0 unspecified atom stereocenters. The summed E-state index contributed by atoms with van der Waals surface area (Å²) in [6.45, 7) is 0. The molecule has 3 aromatic rings. The summed E-state index contributed by atoms with van der Waals surface area (Å²) >= 11 is 0. The van der Waals surface area contributed by atoms with Crippen molar-refractivity contribution in [2.24, 2.45) is 0 Å². The van der Waals surface area contributed by atoms with Crippen molar-refractivity contribution in [2.75, 3.05) is 12.4 Å². The van der Waals surface area contributed by atoms with Crippen LogP contribution in [0.1, 0.15) is 0 Å². The van der Waals surface area contributed by atoms with E-state index in [0.717, 1.165) is 11.8 Å². The monoisotopic (exact) mass is 441 g/mol. The summed E-state index contributed by atoms with van der Waals surface area (Å²) in [6, 6.07) is 9.02. The zero-order valence-corrected chi connectivity index (χ0v) is 16.3. The summed E-state index contributed by atoms with van der Waals surface area (Å²) in [5.41, 5.74) is 0.299. The van der Waals surface area contributed by atoms with Gasteiger partial charge in [-0.2, -0.15) is 16.8 Å². The van der Waals surface area contributed by atoms with Crippen molar-refractivity contribution >= 4 is 25.9 Å². The standard InChI is InChI=1S/C16H15N3O8S2/c1-17-10-4-2-9(3-5-10)12-8-15(20)19(18-12)13-6-11(28(22,23)24)7-14(16(13)21)29(25,26)27/h2-8,17-18,21H,1H3,(H,22,23,24)(H,25,26,27). The first kappa shape index (κ1) is 20.6. The fourth-order valence-electron chi connectivity index (χ4n) is 2.62. The summed E-state index contributed by atoms with van der Waals surface area (Å²) < 4.78 is 65.2. The first-order chi connectivity index (χ1) is 13.4. The quantitative estimate of drug-likeness (QED) is 0.362. The van der Waals surface area contributed by atoms with E-state index in [1.807, 2.05) is 0 Å². The maximum Gasteiger partial charge on any atom is 0.298 e. The van der Waals surface area contributed by atoms with Gasteiger partial charge in [-0.25, -0.2) is 4.68 Å². The van der Waals surface area contributed by atoms with Crippen molar-refractivity contribution < 1.29 is 31.0 Å². The molecular formula is C16H15N3O8S2. The third kappa shape index (κ3) is 4.02. The highest BCUT2D eigenvalue weighted by atomic mass is 32.2. The van der Waals surface area contributed by atoms with Crippen molar-refractivity contribution in [2.45, 2.75) is 9.79 Å². The van der Waals surface area contributed by atoms with E-state index in [0.29, 0.717) is 22.4 Å². The van der Waals surface area contributed by atoms with Gasteiger partial charge in [0.05, 0.1) is 10.6 Å². The number of aromatic hydroxyl groups is 1. The van der Waals surface area contributed by atoms with E-state index < -0.39 is 47.0 Å². The molecule has 0 atom stereocenters. The smallest absolute Gasteiger partial charge is 0.298 e. The number of nitrogens with zero attached hydrogens (tertiary/aromatic N) is 1. The third-order valence-corrected chi connectivity index (χ3v) is 5.75. The maximum atomic E-state index is 12.4. The van der Waals surface area contributed by atoms with Crippen molar-refractivity contribution in [1.82, 2.24) is 9.78 Å². The lowest BCUT2D eigenvalue weighted by Crippen LogP contribution is -2.16. The topological polar surface area (TPSA) is 179 Å². The molecule has 3 rings (SSSR count). The van der Waals surface area contributed by atoms with Crippen LogP contribution in [0.2, 0.25) is 0 Å². The van der Waals surface area contributed by atoms with Gasteiger partial charge in [0.15, 0.2) is 5.75 Å². The molecule has 29 heavy (non-hydrogen) atoms. The number of aromatic nitrogens is 2. The van der Waals surface area contributed by atoms with Crippen molar-refractivity contribution in [3.8, 4) is 22.7 Å². The van der Waals surface area contributed by atoms with E-state index in [-0.39, 0.29) is 5.69 Å². The fourth-order valence-corrected chi connectivity index (χ4v) is 3.85. The van der Waals surface area contributed by atoms with Gasteiger partial charge < -0.3 is 10.4 Å². The van der Waals surface area contributed by atoms with Crippen LogP contribution in [0.5, 0.6) is 5.75 Å². The summed E-state index contributed by atoms with van der Waals surface area (Å²) in [4.78, 5) is 10.3. The zero-order chi connectivity index (χ0) is 21.6. The number of hydrogen-bond acceptors (Lipinski definition) is 7. The molecule has 2 aromatic carbocycles. The second-order valence-corrected chi connectivity index (χ2v) is 8.72. The second kappa shape index (κ2) is 7.04. The molecule has 0 saturated heterocycles. The minimum Gasteiger partial charge on any atom is -0.504 e. The molecule has 0 saturated carbocycles. The number of rotatable bonds is 5. The van der Waals surface area contributed by atoms with Gasteiger partial charge in [0, 0.05) is 18.8 Å². The van der Waals surface area contributed by atoms with E-state index in [2.05, 4.69) is 10.4 Å². The molecule has 0 amide bonds. The molecule has 0 bridgehead atoms. The molecule has 5 N–H and O–H groups in total. The van der Waals surface area contributed by atoms with Gasteiger partial charge in [-0.1, -0.05) is 12.1 Å². The highest BCUT2D eigenvalue weighted by Crippen LogP contribution is 2.32. The first-order valence-electron chi connectivity index (χ1n) is 7.84. The molecular weight excluding hydrogens is 426 g/mol. The van der Waals surface area contributed by atoms with Gasteiger partial charge in [-0.3, -0.25) is 19.0 Å². The van der Waals surface area contributed by atoms with E-state index in [9.17, 15) is 35.8 Å². The predicted octanol–water partition coefficient (Wildman–Crippen LogP) is 1.07. The van der Waals surface area contributed by atoms with Crippen LogP contribution in [0.4, 0.5) is 5.69 Å². The molecule has 0 aliphatic heterocycles. The van der Waals surface area contributed by atoms with E-state index in [4.69, 9.17) is 0 Å². The molecule has 13 heteroatoms. The number of nitrogens with one attached hydrogen (secondary N) is 2. The lowest BCUT2D eigenvalue weighted by Gasteiger charge is -2.11. The SMILES string of the molecule is CNc1ccc(-c2cc(=O)n(-c3cc(S(=O)(=O)O)cc(S(=O)(=O)O)c3O)[nH]2)cc1. The van der Waals surface area contributed by atoms with E-state index in [1.165, 1.54) is 0 Å². The Morgan fingerprint density at radius 2 is 1.59 bits per heavy atom. The maximum absolute atomic E-state index is 12.4. The lowest BCUT2D eigenvalue weighted by molar-refractivity contribution is 0.438. The number of phenolic OH excluding ortho intramolecular Hbond substituents is 1. The van der Waals surface area contributed by atoms with Crippen molar-refractivity contribution in [1.29, 1.82) is 0 Å². The number of hydrogen-bond donors (Lipinski definition) is 5. The average Bonchev–Trinajstić information content (AvgIpc) is 3.01. The van der Waals surface area contributed by atoms with Crippen LogP contribution in [-0.2, 0) is 20.2 Å². The molecule has 0 fully saturated rings. The van der Waals surface area contributed by atoms with E-state index in [1.54, 1.807) is 31.3 Å². The molecule has 1 aromatic heterocycles. The van der Waals surface area contributed by atoms with E-state index >= 15 is 0 Å². The van der Waals surface area contributed by atoms with Gasteiger partial charge in [-0.05, 0) is 29.8 Å². The Labute approximate surface area is 164 Å². The van der Waals surface area contributed by atoms with Gasteiger partial charge in [0.25, 0.3) is 25.8 Å². The lowest BCUT2D eigenvalue weighted by atomic mass is 10.1. The van der Waals surface area contributed by atoms with Crippen LogP contribution in [0, 0.1) is 0 Å². The molecule has 1 heterocycles. The number of aromatic amines is 1. The second-order valence-electron chi connectivity index (χ2n) is 5.91.